The van der Waals surface area contributed by atoms with Gasteiger partial charge < -0.3 is 0 Å². The molecule has 1 nitrogen and oxygen atoms in total. The minimum Gasteiger partial charge on any atom is -0.294 e. The second-order valence-corrected chi connectivity index (χ2v) is 4.55. The summed E-state index contributed by atoms with van der Waals surface area (Å²) < 4.78 is 12.8. The molecule has 0 aliphatic rings. The van der Waals surface area contributed by atoms with Crippen molar-refractivity contribution in [3.8, 4) is 0 Å². The Morgan fingerprint density at radius 2 is 2.15 bits per heavy atom. The molecule has 0 N–H and O–H groups in total. The Balaban J connectivity index is 3.35. The number of hydrogen-bond donors (Lipinski definition) is 0. The number of benzene rings is 1. The molecule has 0 fully saturated rings. The van der Waals surface area contributed by atoms with Crippen LogP contribution in [-0.4, -0.2) is 17.9 Å². The van der Waals surface area contributed by atoms with Crippen molar-refractivity contribution >= 4 is 22.1 Å². The molecule has 3 heteroatoms. The fraction of sp³-hybridized carbons (Fsp3) is 0.200. The molecule has 0 aromatic heterocycles. The largest absolute Gasteiger partial charge is 0.294 e. The van der Waals surface area contributed by atoms with Gasteiger partial charge in [0.2, 0.25) is 0 Å². The number of carbonyl (C=O) groups excluding carboxylic acids is 1. The molecule has 0 spiro atoms. The molecule has 1 unspecified atom stereocenters. The highest BCUT2D eigenvalue weighted by Crippen LogP contribution is 2.25. The van der Waals surface area contributed by atoms with Crippen LogP contribution < -0.4 is 0 Å². The first-order valence-electron chi connectivity index (χ1n) is 3.78. The Morgan fingerprint density at radius 3 is 2.62 bits per heavy atom. The van der Waals surface area contributed by atoms with Crippen molar-refractivity contribution in [3.05, 3.63) is 29.6 Å². The van der Waals surface area contributed by atoms with Crippen molar-refractivity contribution in [2.45, 2.75) is 11.8 Å². The number of halogens is 1. The molecule has 0 amide bonds. The summed E-state index contributed by atoms with van der Waals surface area (Å²) in [7, 11) is -0.257. The standard InChI is InChI=1S/C10H11FOS/c1-7(12)9-6-8(11)4-5-10(9)13(2)3/h4-6H,2H2,1,3H3. The lowest BCUT2D eigenvalue weighted by Crippen LogP contribution is -1.96. The second-order valence-electron chi connectivity index (χ2n) is 2.83. The van der Waals surface area contributed by atoms with Crippen LogP contribution in [0.5, 0.6) is 0 Å². The maximum atomic E-state index is 12.8. The second kappa shape index (κ2) is 3.83. The summed E-state index contributed by atoms with van der Waals surface area (Å²) >= 11 is 0. The third-order valence-corrected chi connectivity index (χ3v) is 2.80. The lowest BCUT2D eigenvalue weighted by atomic mass is 10.1. The van der Waals surface area contributed by atoms with E-state index in [2.05, 4.69) is 5.87 Å². The van der Waals surface area contributed by atoms with Crippen molar-refractivity contribution in [2.24, 2.45) is 0 Å². The van der Waals surface area contributed by atoms with Gasteiger partial charge in [0.1, 0.15) is 5.82 Å². The first-order chi connectivity index (χ1) is 6.02. The van der Waals surface area contributed by atoms with Gasteiger partial charge in [-0.05, 0) is 31.4 Å². The lowest BCUT2D eigenvalue weighted by molar-refractivity contribution is 0.101. The molecule has 0 saturated heterocycles. The van der Waals surface area contributed by atoms with E-state index in [-0.39, 0.29) is 22.1 Å². The first-order valence-corrected chi connectivity index (χ1v) is 5.58. The molecule has 0 saturated carbocycles. The van der Waals surface area contributed by atoms with Gasteiger partial charge in [-0.15, -0.1) is 0 Å². The van der Waals surface area contributed by atoms with Gasteiger partial charge in [0, 0.05) is 10.5 Å². The van der Waals surface area contributed by atoms with E-state index in [9.17, 15) is 9.18 Å². The van der Waals surface area contributed by atoms with Gasteiger partial charge in [0.05, 0.1) is 0 Å². The van der Waals surface area contributed by atoms with Crippen molar-refractivity contribution in [3.63, 3.8) is 0 Å². The van der Waals surface area contributed by atoms with Crippen LogP contribution in [-0.2, 0) is 0 Å². The van der Waals surface area contributed by atoms with Crippen molar-refractivity contribution < 1.29 is 9.18 Å². The zero-order valence-corrected chi connectivity index (χ0v) is 8.45. The minimum atomic E-state index is -0.376. The Labute approximate surface area is 79.5 Å². The van der Waals surface area contributed by atoms with E-state index < -0.39 is 0 Å². The number of rotatable bonds is 2. The van der Waals surface area contributed by atoms with E-state index >= 15 is 0 Å². The third-order valence-electron chi connectivity index (χ3n) is 1.70. The van der Waals surface area contributed by atoms with Gasteiger partial charge in [-0.3, -0.25) is 4.79 Å². The molecule has 1 atom stereocenters. The van der Waals surface area contributed by atoms with Crippen LogP contribution in [0.3, 0.4) is 0 Å². The highest BCUT2D eigenvalue weighted by atomic mass is 32.2. The molecular formula is C10H11FOS. The SMILES string of the molecule is C=S(C)c1ccc(F)cc1C(C)=O. The smallest absolute Gasteiger partial charge is 0.161 e. The van der Waals surface area contributed by atoms with E-state index in [1.165, 1.54) is 19.1 Å². The van der Waals surface area contributed by atoms with Crippen molar-refractivity contribution in [2.75, 3.05) is 6.26 Å². The van der Waals surface area contributed by atoms with Gasteiger partial charge in [-0.25, -0.2) is 4.39 Å². The van der Waals surface area contributed by atoms with E-state index in [1.54, 1.807) is 6.07 Å². The van der Waals surface area contributed by atoms with E-state index in [0.717, 1.165) is 4.90 Å². The lowest BCUT2D eigenvalue weighted by Gasteiger charge is -2.06. The predicted octanol–water partition coefficient (Wildman–Crippen LogP) is 2.72. The zero-order chi connectivity index (χ0) is 10.0. The Morgan fingerprint density at radius 1 is 1.54 bits per heavy atom. The molecule has 1 rings (SSSR count). The number of Topliss-reactive ketones (excluding diaryl/α,β-unsaturated/α-hetero) is 1. The van der Waals surface area contributed by atoms with Crippen LogP contribution in [0.2, 0.25) is 0 Å². The van der Waals surface area contributed by atoms with Crippen LogP contribution in [0.4, 0.5) is 4.39 Å². The van der Waals surface area contributed by atoms with Gasteiger partial charge in [0.15, 0.2) is 5.78 Å². The maximum Gasteiger partial charge on any atom is 0.161 e. The molecule has 0 radical (unpaired) electrons. The number of hydrogen-bond acceptors (Lipinski definition) is 1. The average Bonchev–Trinajstić information content (AvgIpc) is 2.03. The quantitative estimate of drug-likeness (QED) is 0.527. The molecule has 0 bridgehead atoms. The summed E-state index contributed by atoms with van der Waals surface area (Å²) in [4.78, 5) is 12.0. The predicted molar refractivity (Wildman–Crippen MR) is 55.3 cm³/mol. The Kier molecular flexibility index (Phi) is 2.98. The summed E-state index contributed by atoms with van der Waals surface area (Å²) in [6, 6.07) is 4.25. The van der Waals surface area contributed by atoms with Gasteiger partial charge in [-0.1, -0.05) is 5.87 Å². The highest BCUT2D eigenvalue weighted by molar-refractivity contribution is 8.13. The van der Waals surface area contributed by atoms with E-state index in [4.69, 9.17) is 0 Å². The number of ketones is 1. The Hall–Kier alpha value is -0.960. The third kappa shape index (κ3) is 2.25. The summed E-state index contributed by atoms with van der Waals surface area (Å²) in [6.45, 7) is 1.44. The first kappa shape index (κ1) is 10.1. The molecule has 1 aromatic rings. The highest BCUT2D eigenvalue weighted by Gasteiger charge is 2.08. The van der Waals surface area contributed by atoms with Crippen LogP contribution in [0.25, 0.3) is 0 Å². The molecule has 0 aliphatic carbocycles. The molecule has 1 aromatic carbocycles. The fourth-order valence-corrected chi connectivity index (χ4v) is 1.96. The van der Waals surface area contributed by atoms with E-state index in [1.807, 2.05) is 6.26 Å². The average molecular weight is 198 g/mol. The van der Waals surface area contributed by atoms with Crippen LogP contribution in [0.15, 0.2) is 23.1 Å². The molecule has 0 heterocycles. The van der Waals surface area contributed by atoms with Gasteiger partial charge in [0.25, 0.3) is 0 Å². The fourth-order valence-electron chi connectivity index (χ4n) is 1.08. The minimum absolute atomic E-state index is 0.113. The summed E-state index contributed by atoms with van der Waals surface area (Å²) in [6.07, 6.45) is 1.90. The monoisotopic (exact) mass is 198 g/mol. The molecular weight excluding hydrogens is 187 g/mol. The topological polar surface area (TPSA) is 17.1 Å². The number of carbonyl (C=O) groups is 1. The maximum absolute atomic E-state index is 12.8. The summed E-state index contributed by atoms with van der Waals surface area (Å²) in [5.41, 5.74) is 0.445. The van der Waals surface area contributed by atoms with Crippen LogP contribution >= 0.6 is 10.5 Å². The Bertz CT molecular complexity index is 371. The van der Waals surface area contributed by atoms with Crippen molar-refractivity contribution in [1.82, 2.24) is 0 Å². The van der Waals surface area contributed by atoms with Gasteiger partial charge in [-0.2, -0.15) is 10.5 Å². The zero-order valence-electron chi connectivity index (χ0n) is 7.63. The van der Waals surface area contributed by atoms with E-state index in [0.29, 0.717) is 5.56 Å². The van der Waals surface area contributed by atoms with Crippen LogP contribution in [0, 0.1) is 5.82 Å². The molecule has 13 heavy (non-hydrogen) atoms. The normalized spacial score (nSPS) is 12.5. The van der Waals surface area contributed by atoms with Gasteiger partial charge >= 0.3 is 0 Å². The summed E-state index contributed by atoms with van der Waals surface area (Å²) in [5, 5.41) is 0. The summed E-state index contributed by atoms with van der Waals surface area (Å²) in [5.74, 6) is 3.35. The molecule has 70 valence electrons. The van der Waals surface area contributed by atoms with Crippen LogP contribution in [0.1, 0.15) is 17.3 Å². The van der Waals surface area contributed by atoms with Crippen molar-refractivity contribution in [1.29, 1.82) is 0 Å². The molecule has 0 aliphatic heterocycles.